The van der Waals surface area contributed by atoms with Gasteiger partial charge >= 0.3 is 17.9 Å². The van der Waals surface area contributed by atoms with Crippen LogP contribution < -0.4 is 4.74 Å². The van der Waals surface area contributed by atoms with Crippen molar-refractivity contribution >= 4 is 30.3 Å². The van der Waals surface area contributed by atoms with Gasteiger partial charge in [0.15, 0.2) is 43.5 Å². The Balaban J connectivity index is 0.880. The number of carboxylic acid groups (broad SMARTS) is 1. The summed E-state index contributed by atoms with van der Waals surface area (Å²) < 4.78 is 72.1. The summed E-state index contributed by atoms with van der Waals surface area (Å²) in [4.78, 5) is 56.2. The van der Waals surface area contributed by atoms with Gasteiger partial charge in [-0.1, -0.05) is 65.3 Å². The number of carbonyl (C=O) groups is 4. The van der Waals surface area contributed by atoms with E-state index in [2.05, 4.69) is 40.7 Å². The summed E-state index contributed by atoms with van der Waals surface area (Å²) in [6.07, 6.45) is -36.5. The van der Waals surface area contributed by atoms with Crippen molar-refractivity contribution in [2.24, 2.45) is 50.2 Å². The van der Waals surface area contributed by atoms with Crippen LogP contribution in [0.3, 0.4) is 0 Å². The number of ether oxygens (including phenoxy) is 12. The smallest absolute Gasteiger partial charge is 0.335 e. The number of carboxylic acids is 1. The second kappa shape index (κ2) is 28.6. The van der Waals surface area contributed by atoms with Crippen molar-refractivity contribution in [2.75, 3.05) is 20.3 Å². The number of esters is 2. The number of benzene rings is 1. The molecule has 0 amide bonds. The van der Waals surface area contributed by atoms with Gasteiger partial charge in [-0.25, -0.2) is 9.59 Å². The molecule has 5 aliphatic heterocycles. The lowest BCUT2D eigenvalue weighted by atomic mass is 9.33. The molecule has 11 rings (SSSR count). The first-order chi connectivity index (χ1) is 46.5. The second-order valence-electron chi connectivity index (χ2n) is 30.9. The zero-order valence-electron chi connectivity index (χ0n) is 56.9. The molecule has 0 aromatic heterocycles. The van der Waals surface area contributed by atoms with Crippen molar-refractivity contribution in [1.82, 2.24) is 0 Å². The maximum absolute atomic E-state index is 16.0. The molecule has 4 saturated carbocycles. The minimum Gasteiger partial charge on any atom is -0.497 e. The normalized spacial score (nSPS) is 49.7. The summed E-state index contributed by atoms with van der Waals surface area (Å²) in [6.45, 7) is 13.9. The number of methoxy groups -OCH3 is 1. The Labute approximate surface area is 572 Å². The van der Waals surface area contributed by atoms with Crippen LogP contribution in [-0.4, -0.2) is 276 Å². The predicted octanol–water partition coefficient (Wildman–Crippen LogP) is -1.00. The van der Waals surface area contributed by atoms with Crippen LogP contribution in [0.1, 0.15) is 119 Å². The third-order valence-corrected chi connectivity index (χ3v) is 24.8. The van der Waals surface area contributed by atoms with Gasteiger partial charge in [0.2, 0.25) is 6.29 Å². The molecule has 1 aromatic carbocycles. The minimum absolute atomic E-state index is 0.0590. The van der Waals surface area contributed by atoms with E-state index in [0.717, 1.165) is 17.9 Å². The van der Waals surface area contributed by atoms with E-state index < -0.39 is 235 Å². The average molecular weight is 1410 g/mol. The van der Waals surface area contributed by atoms with Crippen LogP contribution in [0.4, 0.5) is 0 Å². The largest absolute Gasteiger partial charge is 0.497 e. The van der Waals surface area contributed by atoms with Gasteiger partial charge in [0.05, 0.1) is 50.2 Å². The van der Waals surface area contributed by atoms with E-state index in [9.17, 15) is 85.9 Å². The van der Waals surface area contributed by atoms with Gasteiger partial charge in [0.25, 0.3) is 0 Å². The highest BCUT2D eigenvalue weighted by atomic mass is 16.8. The summed E-state index contributed by atoms with van der Waals surface area (Å²) in [6, 6.07) is 6.76. The maximum atomic E-state index is 16.0. The maximum Gasteiger partial charge on any atom is 0.335 e. The lowest BCUT2D eigenvalue weighted by Crippen LogP contribution is -2.69. The Kier molecular flexibility index (Phi) is 21.9. The Hall–Kier alpha value is -4.30. The predicted molar refractivity (Wildman–Crippen MR) is 335 cm³/mol. The SMILES string of the molecule is COc1ccc(/C=C/C(=O)OC2C(C)OC(OC(=O)C34CCC(C)(C)CC3C3=CCC5[C@@]6(C)CC[C@H](OC7OC(C(=O)O)C(O)C(O)C7OC7OC(CO)C(O)C(O)C7O)[C@@](C)(C=O)C6CC[C@@]5(C)[C@]3(C)C[C@H]4O)C(OC3OC(C)C(O)C(O)C3OC3OCC(O)C(O)C3O)C2O)cc1. The van der Waals surface area contributed by atoms with E-state index in [1.165, 1.54) is 27.0 Å². The van der Waals surface area contributed by atoms with Crippen molar-refractivity contribution in [3.8, 4) is 5.75 Å². The summed E-state index contributed by atoms with van der Waals surface area (Å²) in [5.74, 6) is -4.19. The Morgan fingerprint density at radius 2 is 1.23 bits per heavy atom. The van der Waals surface area contributed by atoms with E-state index >= 15 is 4.79 Å². The van der Waals surface area contributed by atoms with E-state index in [1.54, 1.807) is 31.2 Å². The van der Waals surface area contributed by atoms with Crippen LogP contribution in [0.15, 0.2) is 42.0 Å². The molecule has 5 saturated heterocycles. The lowest BCUT2D eigenvalue weighted by Gasteiger charge is -2.71. The number of aliphatic carboxylic acids is 1. The molecule has 5 heterocycles. The first kappa shape index (κ1) is 75.8. The number of rotatable bonds is 17. The summed E-state index contributed by atoms with van der Waals surface area (Å²) in [7, 11) is 1.51. The van der Waals surface area contributed by atoms with Crippen LogP contribution in [0.5, 0.6) is 5.75 Å². The molecule has 9 fully saturated rings. The monoisotopic (exact) mass is 1410 g/mol. The highest BCUT2D eigenvalue weighted by molar-refractivity contribution is 5.87. The average Bonchev–Trinajstić information content (AvgIpc) is 0.671. The molecular weight excluding hydrogens is 1310 g/mol. The molecule has 5 aliphatic carbocycles. The van der Waals surface area contributed by atoms with Crippen LogP contribution in [0.2, 0.25) is 0 Å². The number of hydrogen-bond donors (Lipinski definition) is 14. The molecule has 34 atom stereocenters. The van der Waals surface area contributed by atoms with Crippen LogP contribution in [0.25, 0.3) is 6.08 Å². The van der Waals surface area contributed by atoms with Crippen LogP contribution >= 0.6 is 0 Å². The number of aliphatic hydroxyl groups excluding tert-OH is 13. The topological polar surface area (TPSA) is 462 Å². The molecular formula is C69H100O30. The third-order valence-electron chi connectivity index (χ3n) is 24.8. The molecule has 14 N–H and O–H groups in total. The number of aldehydes is 1. The zero-order valence-corrected chi connectivity index (χ0v) is 56.9. The molecule has 0 spiro atoms. The van der Waals surface area contributed by atoms with Crippen molar-refractivity contribution < 1.29 is 148 Å². The molecule has 28 unspecified atom stereocenters. The van der Waals surface area contributed by atoms with Crippen LogP contribution in [-0.2, 0) is 71.3 Å². The van der Waals surface area contributed by atoms with Crippen molar-refractivity contribution in [2.45, 2.75) is 273 Å². The van der Waals surface area contributed by atoms with Crippen molar-refractivity contribution in [3.63, 3.8) is 0 Å². The van der Waals surface area contributed by atoms with E-state index in [0.29, 0.717) is 49.8 Å². The highest BCUT2D eigenvalue weighted by Gasteiger charge is 2.73. The Morgan fingerprint density at radius 1 is 0.606 bits per heavy atom. The summed E-state index contributed by atoms with van der Waals surface area (Å²) in [5.41, 5.74) is -3.97. The van der Waals surface area contributed by atoms with E-state index in [4.69, 9.17) is 56.8 Å². The number of carbonyl (C=O) groups excluding carboxylic acids is 3. The van der Waals surface area contributed by atoms with Gasteiger partial charge in [-0.2, -0.15) is 0 Å². The molecule has 0 bridgehead atoms. The third kappa shape index (κ3) is 13.3. The molecule has 1 aromatic rings. The molecule has 30 nitrogen and oxygen atoms in total. The number of aliphatic hydroxyl groups is 13. The van der Waals surface area contributed by atoms with Gasteiger partial charge in [0.1, 0.15) is 103 Å². The van der Waals surface area contributed by atoms with E-state index in [-0.39, 0.29) is 25.2 Å². The first-order valence-corrected chi connectivity index (χ1v) is 34.3. The fourth-order valence-corrected chi connectivity index (χ4v) is 18.7. The van der Waals surface area contributed by atoms with Crippen molar-refractivity contribution in [1.29, 1.82) is 0 Å². The Morgan fingerprint density at radius 3 is 1.89 bits per heavy atom. The summed E-state index contributed by atoms with van der Waals surface area (Å²) >= 11 is 0. The van der Waals surface area contributed by atoms with Gasteiger partial charge < -0.3 is 133 Å². The minimum atomic E-state index is -2.12. The Bertz CT molecular complexity index is 3110. The fourth-order valence-electron chi connectivity index (χ4n) is 18.7. The fraction of sp³-hybridized carbons (Fsp3) is 0.797. The number of allylic oxidation sites excluding steroid dienone is 2. The van der Waals surface area contributed by atoms with Crippen molar-refractivity contribution in [3.05, 3.63) is 47.6 Å². The second-order valence-corrected chi connectivity index (χ2v) is 30.9. The zero-order chi connectivity index (χ0) is 72.1. The first-order valence-electron chi connectivity index (χ1n) is 34.3. The van der Waals surface area contributed by atoms with Crippen LogP contribution in [0, 0.1) is 50.2 Å². The molecule has 10 aliphatic rings. The van der Waals surface area contributed by atoms with Gasteiger partial charge in [-0.05, 0) is 135 Å². The standard InChI is InChI=1S/C69H100O30/c1-29-42(75)46(79)54(96-58-49(82)43(76)35(72)27-89-58)60(90-29)98-56-51(84)52(94-41(74)17-12-31-10-13-32(88-9)14-11-31)30(2)91-61(56)99-63(87)69-23-22-64(3,4)24-34(69)33-15-16-38-65(5)20-19-40(66(6,28-71)37(65)18-21-67(38,7)68(33,8)25-39(69)73)93-62-55(48(81)47(80)53(95-62)57(85)86)97-59-50(83)45(78)44(77)36(26-70)92-59/h10-15,17,28-30,34-40,42-56,58-62,70,72-73,75-84H,16,18-27H2,1-9H3,(H,85,86)/b17-12+/t29?,30?,34?,35?,36?,37?,38?,39-,40+,42?,43?,44?,45?,46?,47?,48?,49?,50?,51?,52?,53?,54?,55?,56?,58?,59?,60?,61?,62?,65+,66+,67-,68-,69?/m1/s1. The summed E-state index contributed by atoms with van der Waals surface area (Å²) in [5, 5.41) is 155. The quantitative estimate of drug-likeness (QED) is 0.0292. The number of fused-ring (bicyclic) bond motifs is 7. The highest BCUT2D eigenvalue weighted by Crippen LogP contribution is 2.76. The van der Waals surface area contributed by atoms with Gasteiger partial charge in [-0.15, -0.1) is 0 Å². The molecule has 30 heteroatoms. The number of hydrogen-bond acceptors (Lipinski definition) is 29. The van der Waals surface area contributed by atoms with Gasteiger partial charge in [0, 0.05) is 6.08 Å². The molecule has 556 valence electrons. The van der Waals surface area contributed by atoms with Gasteiger partial charge in [-0.3, -0.25) is 4.79 Å². The van der Waals surface area contributed by atoms with E-state index in [1.807, 2.05) is 0 Å². The molecule has 0 radical (unpaired) electrons. The lowest BCUT2D eigenvalue weighted by molar-refractivity contribution is -0.383. The molecule has 99 heavy (non-hydrogen) atoms.